The molecule has 162 valence electrons. The van der Waals surface area contributed by atoms with Crippen molar-refractivity contribution in [2.75, 3.05) is 36.4 Å². The molecular formula is C24H23FN6O. The smallest absolute Gasteiger partial charge is 0.227 e. The zero-order valence-electron chi connectivity index (χ0n) is 17.7. The normalized spacial score (nSPS) is 14.1. The Bertz CT molecular complexity index is 1260. The molecule has 1 amide bonds. The lowest BCUT2D eigenvalue weighted by Crippen LogP contribution is -2.48. The van der Waals surface area contributed by atoms with Crippen LogP contribution in [-0.2, 0) is 4.79 Å². The van der Waals surface area contributed by atoms with Crippen LogP contribution in [0.5, 0.6) is 0 Å². The molecule has 4 aromatic rings. The number of benzene rings is 2. The number of hydrogen-bond acceptors (Lipinski definition) is 5. The molecule has 32 heavy (non-hydrogen) atoms. The maximum Gasteiger partial charge on any atom is 0.227 e. The van der Waals surface area contributed by atoms with Crippen LogP contribution in [0.25, 0.3) is 22.2 Å². The lowest BCUT2D eigenvalue weighted by Gasteiger charge is -2.35. The van der Waals surface area contributed by atoms with Crippen LogP contribution in [0.15, 0.2) is 60.9 Å². The Kier molecular flexibility index (Phi) is 5.18. The first kappa shape index (κ1) is 20.0. The zero-order chi connectivity index (χ0) is 22.1. The standard InChI is InChI=1S/C24H23FN6O/c1-16(32)30-10-12-31(13-11-30)19-5-3-18(4-6-19)28-24-26-9-8-22(29-24)21-15-27-23-14-17(25)2-7-20(21)23/h2-9,14-15,27H,10-13H2,1H3,(H,26,28,29). The summed E-state index contributed by atoms with van der Waals surface area (Å²) in [7, 11) is 0. The second-order valence-corrected chi connectivity index (χ2v) is 7.82. The molecule has 2 aromatic heterocycles. The van der Waals surface area contributed by atoms with Crippen molar-refractivity contribution in [3.05, 3.63) is 66.7 Å². The molecule has 0 unspecified atom stereocenters. The van der Waals surface area contributed by atoms with Gasteiger partial charge < -0.3 is 20.1 Å². The summed E-state index contributed by atoms with van der Waals surface area (Å²) >= 11 is 0. The molecule has 2 N–H and O–H groups in total. The van der Waals surface area contributed by atoms with E-state index in [1.54, 1.807) is 19.2 Å². The summed E-state index contributed by atoms with van der Waals surface area (Å²) < 4.78 is 13.5. The lowest BCUT2D eigenvalue weighted by atomic mass is 10.1. The highest BCUT2D eigenvalue weighted by Gasteiger charge is 2.18. The molecule has 2 aromatic carbocycles. The summed E-state index contributed by atoms with van der Waals surface area (Å²) in [4.78, 5) is 27.7. The van der Waals surface area contributed by atoms with E-state index in [1.165, 1.54) is 12.1 Å². The summed E-state index contributed by atoms with van der Waals surface area (Å²) in [5, 5.41) is 4.16. The van der Waals surface area contributed by atoms with E-state index in [4.69, 9.17) is 0 Å². The first-order valence-electron chi connectivity index (χ1n) is 10.5. The summed E-state index contributed by atoms with van der Waals surface area (Å²) in [5.74, 6) is 0.341. The number of H-pyrrole nitrogens is 1. The van der Waals surface area contributed by atoms with Crippen molar-refractivity contribution in [3.63, 3.8) is 0 Å². The highest BCUT2D eigenvalue weighted by Crippen LogP contribution is 2.28. The van der Waals surface area contributed by atoms with Gasteiger partial charge >= 0.3 is 0 Å². The van der Waals surface area contributed by atoms with E-state index in [0.29, 0.717) is 5.95 Å². The largest absolute Gasteiger partial charge is 0.368 e. The quantitative estimate of drug-likeness (QED) is 0.508. The number of hydrogen-bond donors (Lipinski definition) is 2. The fraction of sp³-hybridized carbons (Fsp3) is 0.208. The van der Waals surface area contributed by atoms with Crippen LogP contribution in [0.3, 0.4) is 0 Å². The predicted octanol–water partition coefficient (Wildman–Crippen LogP) is 4.18. The average Bonchev–Trinajstić information content (AvgIpc) is 3.23. The third-order valence-corrected chi connectivity index (χ3v) is 5.79. The van der Waals surface area contributed by atoms with E-state index >= 15 is 0 Å². The van der Waals surface area contributed by atoms with Crippen LogP contribution in [0, 0.1) is 5.82 Å². The minimum absolute atomic E-state index is 0.131. The summed E-state index contributed by atoms with van der Waals surface area (Å²) in [5.41, 5.74) is 4.38. The van der Waals surface area contributed by atoms with Crippen LogP contribution in [-0.4, -0.2) is 51.9 Å². The van der Waals surface area contributed by atoms with Crippen molar-refractivity contribution in [3.8, 4) is 11.3 Å². The number of piperazine rings is 1. The predicted molar refractivity (Wildman–Crippen MR) is 123 cm³/mol. The Morgan fingerprint density at radius 3 is 2.59 bits per heavy atom. The second kappa shape index (κ2) is 8.30. The molecule has 3 heterocycles. The lowest BCUT2D eigenvalue weighted by molar-refractivity contribution is -0.129. The van der Waals surface area contributed by atoms with Gasteiger partial charge in [-0.15, -0.1) is 0 Å². The van der Waals surface area contributed by atoms with Crippen LogP contribution >= 0.6 is 0 Å². The number of halogens is 1. The number of amides is 1. The SMILES string of the molecule is CC(=O)N1CCN(c2ccc(Nc3nccc(-c4c[nH]c5cc(F)ccc45)n3)cc2)CC1. The van der Waals surface area contributed by atoms with Gasteiger partial charge in [0, 0.05) is 73.3 Å². The number of anilines is 3. The number of fused-ring (bicyclic) bond motifs is 1. The molecular weight excluding hydrogens is 407 g/mol. The van der Waals surface area contributed by atoms with Crippen LogP contribution in [0.2, 0.25) is 0 Å². The summed E-state index contributed by atoms with van der Waals surface area (Å²) in [6.07, 6.45) is 3.53. The molecule has 0 spiro atoms. The van der Waals surface area contributed by atoms with Crippen LogP contribution in [0.4, 0.5) is 21.7 Å². The van der Waals surface area contributed by atoms with E-state index in [-0.39, 0.29) is 11.7 Å². The van der Waals surface area contributed by atoms with Crippen molar-refractivity contribution in [2.45, 2.75) is 6.92 Å². The molecule has 8 heteroatoms. The van der Waals surface area contributed by atoms with Gasteiger partial charge in [0.05, 0.1) is 5.69 Å². The number of nitrogens with one attached hydrogen (secondary N) is 2. The fourth-order valence-corrected chi connectivity index (χ4v) is 4.04. The Balaban J connectivity index is 1.30. The molecule has 1 saturated heterocycles. The molecule has 1 aliphatic rings. The maximum absolute atomic E-state index is 13.5. The van der Waals surface area contributed by atoms with Gasteiger partial charge in [-0.05, 0) is 48.5 Å². The average molecular weight is 430 g/mol. The van der Waals surface area contributed by atoms with Crippen LogP contribution in [0.1, 0.15) is 6.92 Å². The Morgan fingerprint density at radius 2 is 1.84 bits per heavy atom. The number of aromatic amines is 1. The number of rotatable bonds is 4. The van der Waals surface area contributed by atoms with E-state index in [1.807, 2.05) is 29.3 Å². The third kappa shape index (κ3) is 3.99. The third-order valence-electron chi connectivity index (χ3n) is 5.79. The fourth-order valence-electron chi connectivity index (χ4n) is 4.04. The minimum atomic E-state index is -0.278. The van der Waals surface area contributed by atoms with Gasteiger partial charge in [0.25, 0.3) is 0 Å². The van der Waals surface area contributed by atoms with Gasteiger partial charge in [-0.2, -0.15) is 0 Å². The van der Waals surface area contributed by atoms with Gasteiger partial charge in [0.1, 0.15) is 5.82 Å². The molecule has 5 rings (SSSR count). The van der Waals surface area contributed by atoms with Gasteiger partial charge in [-0.1, -0.05) is 0 Å². The van der Waals surface area contributed by atoms with Gasteiger partial charge in [0.2, 0.25) is 11.9 Å². The first-order chi connectivity index (χ1) is 15.6. The van der Waals surface area contributed by atoms with E-state index in [2.05, 4.69) is 37.3 Å². The van der Waals surface area contributed by atoms with Crippen molar-refractivity contribution < 1.29 is 9.18 Å². The maximum atomic E-state index is 13.5. The number of carbonyl (C=O) groups is 1. The van der Waals surface area contributed by atoms with Crippen molar-refractivity contribution in [1.82, 2.24) is 19.9 Å². The number of carbonyl (C=O) groups excluding carboxylic acids is 1. The molecule has 1 fully saturated rings. The summed E-state index contributed by atoms with van der Waals surface area (Å²) in [6.45, 7) is 4.76. The topological polar surface area (TPSA) is 77.2 Å². The molecule has 1 aliphatic heterocycles. The molecule has 0 bridgehead atoms. The van der Waals surface area contributed by atoms with Gasteiger partial charge in [0.15, 0.2) is 0 Å². The summed E-state index contributed by atoms with van der Waals surface area (Å²) in [6, 6.07) is 14.6. The minimum Gasteiger partial charge on any atom is -0.368 e. The Morgan fingerprint density at radius 1 is 1.06 bits per heavy atom. The molecule has 0 saturated carbocycles. The Labute approximate surface area is 184 Å². The molecule has 0 aliphatic carbocycles. The second-order valence-electron chi connectivity index (χ2n) is 7.82. The highest BCUT2D eigenvalue weighted by atomic mass is 19.1. The Hall–Kier alpha value is -3.94. The number of aromatic nitrogens is 3. The van der Waals surface area contributed by atoms with Gasteiger partial charge in [-0.25, -0.2) is 14.4 Å². The molecule has 7 nitrogen and oxygen atoms in total. The number of nitrogens with zero attached hydrogens (tertiary/aromatic N) is 4. The highest BCUT2D eigenvalue weighted by molar-refractivity contribution is 5.94. The van der Waals surface area contributed by atoms with Crippen molar-refractivity contribution in [2.24, 2.45) is 0 Å². The molecule has 0 atom stereocenters. The van der Waals surface area contributed by atoms with E-state index in [9.17, 15) is 9.18 Å². The van der Waals surface area contributed by atoms with Crippen molar-refractivity contribution in [1.29, 1.82) is 0 Å². The zero-order valence-corrected chi connectivity index (χ0v) is 17.7. The van der Waals surface area contributed by atoms with Crippen LogP contribution < -0.4 is 10.2 Å². The van der Waals surface area contributed by atoms with E-state index < -0.39 is 0 Å². The molecule has 0 radical (unpaired) electrons. The first-order valence-corrected chi connectivity index (χ1v) is 10.5. The monoisotopic (exact) mass is 430 g/mol. The van der Waals surface area contributed by atoms with Gasteiger partial charge in [-0.3, -0.25) is 4.79 Å². The van der Waals surface area contributed by atoms with Crippen molar-refractivity contribution >= 4 is 34.1 Å². The van der Waals surface area contributed by atoms with E-state index in [0.717, 1.165) is 59.7 Å².